The number of ether oxygens (including phenoxy) is 2. The molecule has 3 aromatic carbocycles. The van der Waals surface area contributed by atoms with E-state index in [1.807, 2.05) is 6.92 Å². The molecule has 0 saturated carbocycles. The van der Waals surface area contributed by atoms with Crippen LogP contribution < -0.4 is 0 Å². The van der Waals surface area contributed by atoms with Gasteiger partial charge in [0.05, 0.1) is 18.8 Å². The van der Waals surface area contributed by atoms with Gasteiger partial charge in [0.25, 0.3) is 0 Å². The second-order valence-electron chi connectivity index (χ2n) is 8.94. The molecular weight excluding hydrogens is 520 g/mol. The van der Waals surface area contributed by atoms with E-state index in [0.717, 1.165) is 31.0 Å². The van der Waals surface area contributed by atoms with Crippen LogP contribution in [0.2, 0.25) is 0 Å². The predicted octanol–water partition coefficient (Wildman–Crippen LogP) is 8.75. The fraction of sp³-hybridized carbons (Fsp3) is 0.286. The average molecular weight is 542 g/mol. The molecule has 0 amide bonds. The zero-order chi connectivity index (χ0) is 27.6. The molecule has 0 aliphatic carbocycles. The fourth-order valence-corrected chi connectivity index (χ4v) is 4.29. The van der Waals surface area contributed by atoms with E-state index in [2.05, 4.69) is 0 Å². The van der Waals surface area contributed by atoms with Crippen molar-refractivity contribution in [2.24, 2.45) is 5.92 Å². The van der Waals surface area contributed by atoms with Crippen LogP contribution in [0.1, 0.15) is 37.2 Å². The molecule has 3 aromatic rings. The minimum atomic E-state index is -4.81. The van der Waals surface area contributed by atoms with Crippen LogP contribution in [0.4, 0.5) is 35.1 Å². The van der Waals surface area contributed by atoms with Gasteiger partial charge in [0.2, 0.25) is 0 Å². The predicted molar refractivity (Wildman–Crippen MR) is 125 cm³/mol. The van der Waals surface area contributed by atoms with Crippen molar-refractivity contribution in [1.29, 1.82) is 0 Å². The third-order valence-corrected chi connectivity index (χ3v) is 6.09. The van der Waals surface area contributed by atoms with Crippen LogP contribution in [0.25, 0.3) is 28.3 Å². The van der Waals surface area contributed by atoms with Crippen molar-refractivity contribution in [2.75, 3.05) is 13.2 Å². The van der Waals surface area contributed by atoms with Gasteiger partial charge in [-0.1, -0.05) is 25.5 Å². The Morgan fingerprint density at radius 1 is 0.789 bits per heavy atom. The number of benzene rings is 3. The molecule has 4 rings (SSSR count). The number of allylic oxidation sites excluding steroid dienone is 1. The first-order valence-electron chi connectivity index (χ1n) is 11.7. The summed E-state index contributed by atoms with van der Waals surface area (Å²) in [6, 6.07) is 6.59. The van der Waals surface area contributed by atoms with E-state index < -0.39 is 58.2 Å². The molecule has 0 bridgehead atoms. The summed E-state index contributed by atoms with van der Waals surface area (Å²) in [5.74, 6) is -5.94. The lowest BCUT2D eigenvalue weighted by atomic mass is 9.96. The van der Waals surface area contributed by atoms with Gasteiger partial charge in [-0.05, 0) is 54.0 Å². The van der Waals surface area contributed by atoms with Crippen LogP contribution in [0.15, 0.2) is 48.5 Å². The van der Waals surface area contributed by atoms with Gasteiger partial charge >= 0.3 is 6.18 Å². The minimum absolute atomic E-state index is 0.136. The highest BCUT2D eigenvalue weighted by molar-refractivity contribution is 5.73. The molecule has 38 heavy (non-hydrogen) atoms. The molecule has 1 heterocycles. The van der Waals surface area contributed by atoms with Crippen LogP contribution in [0, 0.1) is 35.0 Å². The van der Waals surface area contributed by atoms with Crippen molar-refractivity contribution >= 4 is 6.08 Å². The molecule has 0 unspecified atom stereocenters. The third kappa shape index (κ3) is 6.24. The molecule has 0 spiro atoms. The molecule has 0 atom stereocenters. The lowest BCUT2D eigenvalue weighted by Crippen LogP contribution is -2.27. The maximum atomic E-state index is 14.9. The number of hydrogen-bond acceptors (Lipinski definition) is 2. The highest BCUT2D eigenvalue weighted by Gasteiger charge is 2.25. The Hall–Kier alpha value is -3.24. The Labute approximate surface area is 213 Å². The summed E-state index contributed by atoms with van der Waals surface area (Å²) in [6.07, 6.45) is -3.85. The monoisotopic (exact) mass is 542 g/mol. The number of rotatable bonds is 6. The number of alkyl halides is 3. The van der Waals surface area contributed by atoms with Crippen LogP contribution >= 0.6 is 0 Å². The van der Waals surface area contributed by atoms with Gasteiger partial charge in [-0.15, -0.1) is 0 Å². The van der Waals surface area contributed by atoms with E-state index in [0.29, 0.717) is 30.9 Å². The highest BCUT2D eigenvalue weighted by Crippen LogP contribution is 2.35. The normalized spacial score (nSPS) is 18.3. The van der Waals surface area contributed by atoms with Crippen LogP contribution in [-0.4, -0.2) is 19.4 Å². The summed E-state index contributed by atoms with van der Waals surface area (Å²) in [4.78, 5) is 0. The SMILES string of the molecule is CCCC1COC(c2ccc(-c3cc(F)c(-c4cc(F)c(/C=C/C(F)(F)F)c(F)c4)c(F)c3)c(F)c2)OC1. The van der Waals surface area contributed by atoms with Crippen molar-refractivity contribution in [3.63, 3.8) is 0 Å². The molecule has 202 valence electrons. The van der Waals surface area contributed by atoms with Crippen molar-refractivity contribution in [1.82, 2.24) is 0 Å². The highest BCUT2D eigenvalue weighted by atomic mass is 19.4. The zero-order valence-corrected chi connectivity index (χ0v) is 20.0. The quantitative estimate of drug-likeness (QED) is 0.290. The number of hydrogen-bond donors (Lipinski definition) is 0. The summed E-state index contributed by atoms with van der Waals surface area (Å²) in [6.45, 7) is 2.96. The maximum Gasteiger partial charge on any atom is 0.409 e. The van der Waals surface area contributed by atoms with Gasteiger partial charge in [0.1, 0.15) is 29.1 Å². The Morgan fingerprint density at radius 2 is 1.37 bits per heavy atom. The van der Waals surface area contributed by atoms with Gasteiger partial charge in [0, 0.05) is 28.7 Å². The summed E-state index contributed by atoms with van der Waals surface area (Å²) in [5, 5.41) is 0. The van der Waals surface area contributed by atoms with E-state index in [1.54, 1.807) is 0 Å². The molecular formula is C28H22F8O2. The zero-order valence-electron chi connectivity index (χ0n) is 20.0. The second kappa shape index (κ2) is 11.2. The number of halogens is 8. The first kappa shape index (κ1) is 27.8. The van der Waals surface area contributed by atoms with Gasteiger partial charge in [0.15, 0.2) is 6.29 Å². The van der Waals surface area contributed by atoms with Crippen molar-refractivity contribution in [3.8, 4) is 22.3 Å². The van der Waals surface area contributed by atoms with Crippen molar-refractivity contribution in [2.45, 2.75) is 32.2 Å². The largest absolute Gasteiger partial charge is 0.409 e. The Morgan fingerprint density at radius 3 is 1.89 bits per heavy atom. The summed E-state index contributed by atoms with van der Waals surface area (Å²) in [7, 11) is 0. The van der Waals surface area contributed by atoms with E-state index in [-0.39, 0.29) is 29.2 Å². The summed E-state index contributed by atoms with van der Waals surface area (Å²) >= 11 is 0. The Bertz CT molecular complexity index is 1300. The molecule has 0 radical (unpaired) electrons. The molecule has 1 aliphatic heterocycles. The van der Waals surface area contributed by atoms with E-state index in [1.165, 1.54) is 12.1 Å². The van der Waals surface area contributed by atoms with E-state index in [4.69, 9.17) is 9.47 Å². The van der Waals surface area contributed by atoms with E-state index in [9.17, 15) is 35.1 Å². The Balaban J connectivity index is 1.60. The average Bonchev–Trinajstić information content (AvgIpc) is 2.83. The first-order valence-corrected chi connectivity index (χ1v) is 11.7. The Kier molecular flexibility index (Phi) is 8.22. The lowest BCUT2D eigenvalue weighted by Gasteiger charge is -2.29. The van der Waals surface area contributed by atoms with Crippen molar-refractivity contribution in [3.05, 3.63) is 88.8 Å². The van der Waals surface area contributed by atoms with Gasteiger partial charge in [-0.25, -0.2) is 22.0 Å². The molecule has 0 N–H and O–H groups in total. The van der Waals surface area contributed by atoms with Gasteiger partial charge in [-0.3, -0.25) is 0 Å². The first-order chi connectivity index (χ1) is 18.0. The molecule has 10 heteroatoms. The molecule has 1 saturated heterocycles. The fourth-order valence-electron chi connectivity index (χ4n) is 4.29. The minimum Gasteiger partial charge on any atom is -0.348 e. The van der Waals surface area contributed by atoms with Crippen LogP contribution in [0.5, 0.6) is 0 Å². The maximum absolute atomic E-state index is 14.9. The standard InChI is InChI=1S/C28H22F8O2/c1-2-3-15-13-37-27(38-14-15)16-4-5-19(21(29)8-16)17-9-24(32)26(25(33)10-17)18-11-22(30)20(23(31)12-18)6-7-28(34,35)36/h4-12,15,27H,2-3,13-14H2,1H3/b7-6+. The van der Waals surface area contributed by atoms with Crippen molar-refractivity contribution < 1.29 is 44.6 Å². The molecule has 1 fully saturated rings. The summed E-state index contributed by atoms with van der Waals surface area (Å²) in [5.41, 5.74) is -2.33. The van der Waals surface area contributed by atoms with E-state index >= 15 is 0 Å². The second-order valence-corrected chi connectivity index (χ2v) is 8.94. The van der Waals surface area contributed by atoms with Gasteiger partial charge < -0.3 is 9.47 Å². The third-order valence-electron chi connectivity index (χ3n) is 6.09. The lowest BCUT2D eigenvalue weighted by molar-refractivity contribution is -0.206. The van der Waals surface area contributed by atoms with Gasteiger partial charge in [-0.2, -0.15) is 13.2 Å². The summed E-state index contributed by atoms with van der Waals surface area (Å²) < 4.78 is 122. The topological polar surface area (TPSA) is 18.5 Å². The molecule has 1 aliphatic rings. The molecule has 2 nitrogen and oxygen atoms in total. The smallest absolute Gasteiger partial charge is 0.348 e. The van der Waals surface area contributed by atoms with Crippen LogP contribution in [-0.2, 0) is 9.47 Å². The van der Waals surface area contributed by atoms with Crippen LogP contribution in [0.3, 0.4) is 0 Å². The molecule has 0 aromatic heterocycles.